The van der Waals surface area contributed by atoms with Gasteiger partial charge in [0.25, 0.3) is 0 Å². The number of rotatable bonds is 4. The predicted molar refractivity (Wildman–Crippen MR) is 95.1 cm³/mol. The van der Waals surface area contributed by atoms with Crippen LogP contribution in [0.3, 0.4) is 0 Å². The number of aryl methyl sites for hydroxylation is 2. The smallest absolute Gasteiger partial charge is 0.239 e. The Labute approximate surface area is 150 Å². The summed E-state index contributed by atoms with van der Waals surface area (Å²) in [5.74, 6) is 1.13. The third-order valence-electron chi connectivity index (χ3n) is 4.25. The fourth-order valence-corrected chi connectivity index (χ4v) is 2.57. The molecule has 0 aliphatic carbocycles. The predicted octanol–water partition coefficient (Wildman–Crippen LogP) is 1.76. The molecule has 2 rings (SSSR count). The molecule has 134 valence electrons. The topological polar surface area (TPSA) is 75.6 Å². The van der Waals surface area contributed by atoms with Crippen LogP contribution in [0.15, 0.2) is 4.52 Å². The van der Waals surface area contributed by atoms with Crippen molar-refractivity contribution in [3.63, 3.8) is 0 Å². The van der Waals surface area contributed by atoms with Gasteiger partial charge in [0.1, 0.15) is 5.76 Å². The van der Waals surface area contributed by atoms with Crippen molar-refractivity contribution in [2.24, 2.45) is 11.7 Å². The van der Waals surface area contributed by atoms with E-state index in [-0.39, 0.29) is 42.7 Å². The number of carbonyl (C=O) groups is 1. The van der Waals surface area contributed by atoms with E-state index >= 15 is 0 Å². The maximum atomic E-state index is 12.2. The van der Waals surface area contributed by atoms with Gasteiger partial charge in [0, 0.05) is 38.3 Å². The summed E-state index contributed by atoms with van der Waals surface area (Å²) in [6.07, 6.45) is 0. The first-order chi connectivity index (χ1) is 9.90. The fraction of sp³-hybridized carbons (Fsp3) is 0.733. The molecule has 0 saturated carbocycles. The molecule has 8 heteroatoms. The number of hydrogen-bond acceptors (Lipinski definition) is 5. The van der Waals surface area contributed by atoms with Gasteiger partial charge in [0.2, 0.25) is 5.91 Å². The lowest BCUT2D eigenvalue weighted by Crippen LogP contribution is -2.54. The van der Waals surface area contributed by atoms with E-state index in [1.807, 2.05) is 32.6 Å². The zero-order valence-corrected chi connectivity index (χ0v) is 15.9. The number of piperazine rings is 1. The van der Waals surface area contributed by atoms with Crippen molar-refractivity contribution in [1.82, 2.24) is 15.0 Å². The highest BCUT2D eigenvalue weighted by Crippen LogP contribution is 2.16. The molecule has 0 bridgehead atoms. The van der Waals surface area contributed by atoms with Crippen LogP contribution in [0.25, 0.3) is 0 Å². The largest absolute Gasteiger partial charge is 0.361 e. The first-order valence-corrected chi connectivity index (χ1v) is 7.58. The van der Waals surface area contributed by atoms with Crippen LogP contribution >= 0.6 is 24.8 Å². The van der Waals surface area contributed by atoms with Crippen molar-refractivity contribution >= 4 is 30.7 Å². The molecule has 0 unspecified atom stereocenters. The molecule has 1 atom stereocenters. The zero-order chi connectivity index (χ0) is 15.6. The Balaban J connectivity index is 0.00000242. The van der Waals surface area contributed by atoms with E-state index in [4.69, 9.17) is 10.3 Å². The van der Waals surface area contributed by atoms with Crippen molar-refractivity contribution in [2.75, 3.05) is 26.2 Å². The van der Waals surface area contributed by atoms with E-state index < -0.39 is 0 Å². The van der Waals surface area contributed by atoms with E-state index in [0.717, 1.165) is 49.7 Å². The zero-order valence-electron chi connectivity index (χ0n) is 14.2. The minimum atomic E-state index is -0.390. The van der Waals surface area contributed by atoms with Gasteiger partial charge in [0.15, 0.2) is 0 Å². The second-order valence-corrected chi connectivity index (χ2v) is 6.17. The molecule has 1 fully saturated rings. The minimum Gasteiger partial charge on any atom is -0.361 e. The minimum absolute atomic E-state index is 0. The molecule has 1 saturated heterocycles. The Morgan fingerprint density at radius 2 is 1.78 bits per heavy atom. The number of hydrogen-bond donors (Lipinski definition) is 1. The lowest BCUT2D eigenvalue weighted by molar-refractivity contribution is -0.135. The number of carbonyl (C=O) groups excluding carboxylic acids is 1. The number of halogens is 2. The molecule has 6 nitrogen and oxygen atoms in total. The molecule has 0 spiro atoms. The van der Waals surface area contributed by atoms with Gasteiger partial charge in [-0.15, -0.1) is 24.8 Å². The van der Waals surface area contributed by atoms with Crippen LogP contribution in [0.5, 0.6) is 0 Å². The van der Waals surface area contributed by atoms with Gasteiger partial charge in [-0.05, 0) is 19.8 Å². The van der Waals surface area contributed by atoms with Crippen LogP contribution in [0.4, 0.5) is 0 Å². The van der Waals surface area contributed by atoms with Gasteiger partial charge in [-0.2, -0.15) is 0 Å². The summed E-state index contributed by atoms with van der Waals surface area (Å²) >= 11 is 0. The van der Waals surface area contributed by atoms with E-state index in [2.05, 4.69) is 10.1 Å². The van der Waals surface area contributed by atoms with Crippen molar-refractivity contribution < 1.29 is 9.32 Å². The molecule has 2 N–H and O–H groups in total. The summed E-state index contributed by atoms with van der Waals surface area (Å²) in [6, 6.07) is -0.390. The van der Waals surface area contributed by atoms with Crippen LogP contribution < -0.4 is 5.73 Å². The number of aromatic nitrogens is 1. The summed E-state index contributed by atoms with van der Waals surface area (Å²) < 4.78 is 5.20. The molecule has 1 aromatic rings. The lowest BCUT2D eigenvalue weighted by Gasteiger charge is -2.36. The van der Waals surface area contributed by atoms with E-state index in [1.165, 1.54) is 0 Å². The second kappa shape index (κ2) is 9.47. The first kappa shape index (κ1) is 22.2. The molecular weight excluding hydrogens is 339 g/mol. The van der Waals surface area contributed by atoms with Gasteiger partial charge in [0.05, 0.1) is 11.7 Å². The van der Waals surface area contributed by atoms with Crippen molar-refractivity contribution in [3.05, 3.63) is 17.0 Å². The quantitative estimate of drug-likeness (QED) is 0.878. The third-order valence-corrected chi connectivity index (χ3v) is 4.25. The van der Waals surface area contributed by atoms with Gasteiger partial charge >= 0.3 is 0 Å². The summed E-state index contributed by atoms with van der Waals surface area (Å²) in [5.41, 5.74) is 8.06. The number of nitrogens with two attached hydrogens (primary N) is 1. The average Bonchev–Trinajstić information content (AvgIpc) is 2.78. The summed E-state index contributed by atoms with van der Waals surface area (Å²) in [4.78, 5) is 16.4. The summed E-state index contributed by atoms with van der Waals surface area (Å²) in [7, 11) is 0. The highest BCUT2D eigenvalue weighted by Gasteiger charge is 2.27. The van der Waals surface area contributed by atoms with Gasteiger partial charge in [-0.1, -0.05) is 19.0 Å². The third kappa shape index (κ3) is 5.35. The first-order valence-electron chi connectivity index (χ1n) is 7.58. The van der Waals surface area contributed by atoms with E-state index in [1.54, 1.807) is 0 Å². The molecule has 1 aliphatic rings. The van der Waals surface area contributed by atoms with Crippen LogP contribution in [0, 0.1) is 19.8 Å². The second-order valence-electron chi connectivity index (χ2n) is 6.17. The standard InChI is InChI=1S/C15H26N4O2.2ClH/c1-10(2)14(16)15(20)19-7-5-18(6-8-19)9-13-11(3)17-21-12(13)4;;/h10,14H,5-9,16H2,1-4H3;2*1H/t14-;;/m0../s1. The van der Waals surface area contributed by atoms with Crippen molar-refractivity contribution in [3.8, 4) is 0 Å². The Bertz CT molecular complexity index is 480. The molecule has 1 aliphatic heterocycles. The molecule has 2 heterocycles. The van der Waals surface area contributed by atoms with Crippen LogP contribution in [0.1, 0.15) is 30.9 Å². The van der Waals surface area contributed by atoms with Crippen LogP contribution in [-0.2, 0) is 11.3 Å². The highest BCUT2D eigenvalue weighted by atomic mass is 35.5. The van der Waals surface area contributed by atoms with Crippen molar-refractivity contribution in [2.45, 2.75) is 40.3 Å². The number of amides is 1. The molecular formula is C15H28Cl2N4O2. The average molecular weight is 367 g/mol. The molecule has 1 aromatic heterocycles. The highest BCUT2D eigenvalue weighted by molar-refractivity contribution is 5.85. The maximum absolute atomic E-state index is 12.2. The maximum Gasteiger partial charge on any atom is 0.239 e. The molecule has 1 amide bonds. The summed E-state index contributed by atoms with van der Waals surface area (Å²) in [5, 5.41) is 3.98. The van der Waals surface area contributed by atoms with Gasteiger partial charge in [-0.3, -0.25) is 9.69 Å². The fourth-order valence-electron chi connectivity index (χ4n) is 2.57. The molecule has 23 heavy (non-hydrogen) atoms. The van der Waals surface area contributed by atoms with E-state index in [9.17, 15) is 4.79 Å². The Morgan fingerprint density at radius 3 is 2.22 bits per heavy atom. The van der Waals surface area contributed by atoms with Crippen LogP contribution in [0.2, 0.25) is 0 Å². The summed E-state index contributed by atoms with van der Waals surface area (Å²) in [6.45, 7) is 11.9. The Morgan fingerprint density at radius 1 is 1.22 bits per heavy atom. The molecule has 0 radical (unpaired) electrons. The van der Waals surface area contributed by atoms with Gasteiger partial charge in [-0.25, -0.2) is 0 Å². The number of nitrogens with zero attached hydrogens (tertiary/aromatic N) is 3. The molecule has 0 aromatic carbocycles. The lowest BCUT2D eigenvalue weighted by atomic mass is 10.0. The normalized spacial score (nSPS) is 16.7. The SMILES string of the molecule is Cc1noc(C)c1CN1CCN(C(=O)[C@@H](N)C(C)C)CC1.Cl.Cl. The van der Waals surface area contributed by atoms with Gasteiger partial charge < -0.3 is 15.2 Å². The Hall–Kier alpha value is -0.820. The van der Waals surface area contributed by atoms with E-state index in [0.29, 0.717) is 0 Å². The monoisotopic (exact) mass is 366 g/mol. The van der Waals surface area contributed by atoms with Crippen LogP contribution in [-0.4, -0.2) is 53.1 Å². The van der Waals surface area contributed by atoms with Crippen molar-refractivity contribution in [1.29, 1.82) is 0 Å². The Kier molecular flexibility index (Phi) is 9.13.